The lowest BCUT2D eigenvalue weighted by molar-refractivity contribution is -0.0486. The van der Waals surface area contributed by atoms with Crippen LogP contribution in [-0.4, -0.2) is 24.5 Å². The quantitative estimate of drug-likeness (QED) is 0.733. The van der Waals surface area contributed by atoms with Crippen molar-refractivity contribution in [3.05, 3.63) is 0 Å². The summed E-state index contributed by atoms with van der Waals surface area (Å²) >= 11 is 0. The van der Waals surface area contributed by atoms with E-state index in [1.165, 1.54) is 32.4 Å². The Hall–Kier alpha value is -0.550. The molecule has 0 N–H and O–H groups in total. The van der Waals surface area contributed by atoms with Crippen molar-refractivity contribution in [1.29, 1.82) is 5.26 Å². The van der Waals surface area contributed by atoms with Gasteiger partial charge >= 0.3 is 0 Å². The van der Waals surface area contributed by atoms with Gasteiger partial charge in [0.15, 0.2) is 0 Å². The molecule has 110 valence electrons. The molecule has 20 heavy (non-hydrogen) atoms. The number of hydrogen-bond acceptors (Lipinski definition) is 2. The van der Waals surface area contributed by atoms with Crippen LogP contribution in [0, 0.1) is 46.8 Å². The molecule has 5 rings (SSSR count). The van der Waals surface area contributed by atoms with Gasteiger partial charge in [0.1, 0.15) is 0 Å². The molecular weight excluding hydrogens is 244 g/mol. The van der Waals surface area contributed by atoms with Gasteiger partial charge in [-0.1, -0.05) is 0 Å². The zero-order chi connectivity index (χ0) is 13.5. The van der Waals surface area contributed by atoms with Gasteiger partial charge in [0, 0.05) is 0 Å². The Bertz CT molecular complexity index is 361. The van der Waals surface area contributed by atoms with Crippen LogP contribution in [0.5, 0.6) is 0 Å². The maximum absolute atomic E-state index is 8.79. The van der Waals surface area contributed by atoms with E-state index in [1.807, 2.05) is 0 Å². The highest BCUT2D eigenvalue weighted by atomic mass is 15.1. The van der Waals surface area contributed by atoms with Crippen LogP contribution in [0.1, 0.15) is 51.4 Å². The summed E-state index contributed by atoms with van der Waals surface area (Å²) in [5.41, 5.74) is 0. The highest BCUT2D eigenvalue weighted by Crippen LogP contribution is 2.58. The van der Waals surface area contributed by atoms with Gasteiger partial charge in [-0.05, 0) is 100.0 Å². The Morgan fingerprint density at radius 1 is 0.900 bits per heavy atom. The highest BCUT2D eigenvalue weighted by molar-refractivity contribution is 4.98. The SMILES string of the molecule is N#CCN1CCC(CC2C3CC4CC(C3)CC2C4)CC1. The van der Waals surface area contributed by atoms with Crippen LogP contribution in [0.4, 0.5) is 0 Å². The molecule has 4 aliphatic carbocycles. The lowest BCUT2D eigenvalue weighted by Gasteiger charge is -2.55. The molecule has 5 fully saturated rings. The number of piperidine rings is 1. The summed E-state index contributed by atoms with van der Waals surface area (Å²) in [7, 11) is 0. The average molecular weight is 272 g/mol. The van der Waals surface area contributed by atoms with Gasteiger partial charge in [0.25, 0.3) is 0 Å². The lowest BCUT2D eigenvalue weighted by atomic mass is 9.50. The Morgan fingerprint density at radius 2 is 1.50 bits per heavy atom. The number of likely N-dealkylation sites (tertiary alicyclic amines) is 1. The van der Waals surface area contributed by atoms with E-state index in [2.05, 4.69) is 11.0 Å². The van der Waals surface area contributed by atoms with Crippen molar-refractivity contribution in [3.8, 4) is 6.07 Å². The number of hydrogen-bond donors (Lipinski definition) is 0. The first-order valence-corrected chi connectivity index (χ1v) is 8.91. The fourth-order valence-corrected chi connectivity index (χ4v) is 6.29. The van der Waals surface area contributed by atoms with Crippen LogP contribution in [0.2, 0.25) is 0 Å². The van der Waals surface area contributed by atoms with E-state index in [1.54, 1.807) is 32.1 Å². The minimum absolute atomic E-state index is 0.644. The van der Waals surface area contributed by atoms with Gasteiger partial charge in [-0.2, -0.15) is 5.26 Å². The van der Waals surface area contributed by atoms with E-state index in [4.69, 9.17) is 5.26 Å². The molecule has 0 aromatic carbocycles. The summed E-state index contributed by atoms with van der Waals surface area (Å²) in [5, 5.41) is 8.79. The van der Waals surface area contributed by atoms with E-state index in [0.717, 1.165) is 35.5 Å². The molecule has 2 heteroatoms. The molecule has 0 spiro atoms. The van der Waals surface area contributed by atoms with Crippen molar-refractivity contribution < 1.29 is 0 Å². The van der Waals surface area contributed by atoms with Gasteiger partial charge in [-0.3, -0.25) is 4.90 Å². The summed E-state index contributed by atoms with van der Waals surface area (Å²) < 4.78 is 0. The standard InChI is InChI=1S/C18H28N2/c19-3-6-20-4-1-13(2-5-20)12-18-16-8-14-7-15(10-16)11-17(18)9-14/h13-18H,1-2,4-12H2. The third-order valence-electron chi connectivity index (χ3n) is 7.03. The first kappa shape index (κ1) is 13.1. The molecular formula is C18H28N2. The summed E-state index contributed by atoms with van der Waals surface area (Å²) in [5.74, 6) is 6.48. The van der Waals surface area contributed by atoms with Crippen LogP contribution >= 0.6 is 0 Å². The molecule has 2 nitrogen and oxygen atoms in total. The number of nitriles is 1. The Balaban J connectivity index is 1.33. The first-order chi connectivity index (χ1) is 9.81. The van der Waals surface area contributed by atoms with Gasteiger partial charge in [-0.15, -0.1) is 0 Å². The second-order valence-corrected chi connectivity index (χ2v) is 8.21. The molecule has 0 amide bonds. The molecule has 0 radical (unpaired) electrons. The van der Waals surface area contributed by atoms with Gasteiger partial charge in [0.2, 0.25) is 0 Å². The summed E-state index contributed by atoms with van der Waals surface area (Å²) in [6.07, 6.45) is 12.1. The third-order valence-corrected chi connectivity index (χ3v) is 7.03. The van der Waals surface area contributed by atoms with Crippen LogP contribution in [0.25, 0.3) is 0 Å². The largest absolute Gasteiger partial charge is 0.291 e. The van der Waals surface area contributed by atoms with Crippen LogP contribution < -0.4 is 0 Å². The Morgan fingerprint density at radius 3 is 2.05 bits per heavy atom. The predicted octanol–water partition coefficient (Wildman–Crippen LogP) is 3.68. The minimum Gasteiger partial charge on any atom is -0.291 e. The zero-order valence-corrected chi connectivity index (χ0v) is 12.6. The number of rotatable bonds is 3. The lowest BCUT2D eigenvalue weighted by Crippen LogP contribution is -2.46. The molecule has 0 atom stereocenters. The van der Waals surface area contributed by atoms with Crippen LogP contribution in [0.15, 0.2) is 0 Å². The molecule has 4 bridgehead atoms. The Kier molecular flexibility index (Phi) is 3.50. The normalized spacial score (nSPS) is 44.6. The average Bonchev–Trinajstić information content (AvgIpc) is 2.44. The maximum atomic E-state index is 8.79. The molecule has 0 unspecified atom stereocenters. The Labute approximate surface area is 123 Å². The predicted molar refractivity (Wildman–Crippen MR) is 79.9 cm³/mol. The third kappa shape index (κ3) is 2.39. The van der Waals surface area contributed by atoms with Crippen molar-refractivity contribution in [3.63, 3.8) is 0 Å². The molecule has 4 saturated carbocycles. The fourth-order valence-electron chi connectivity index (χ4n) is 6.29. The van der Waals surface area contributed by atoms with Crippen molar-refractivity contribution in [2.75, 3.05) is 19.6 Å². The molecule has 1 heterocycles. The summed E-state index contributed by atoms with van der Waals surface area (Å²) in [4.78, 5) is 2.34. The van der Waals surface area contributed by atoms with Crippen molar-refractivity contribution in [2.45, 2.75) is 51.4 Å². The van der Waals surface area contributed by atoms with E-state index in [0.29, 0.717) is 6.54 Å². The van der Waals surface area contributed by atoms with Crippen LogP contribution in [-0.2, 0) is 0 Å². The first-order valence-electron chi connectivity index (χ1n) is 8.91. The van der Waals surface area contributed by atoms with Crippen molar-refractivity contribution >= 4 is 0 Å². The summed E-state index contributed by atoms with van der Waals surface area (Å²) in [6, 6.07) is 2.30. The van der Waals surface area contributed by atoms with Gasteiger partial charge in [0.05, 0.1) is 12.6 Å². The van der Waals surface area contributed by atoms with Gasteiger partial charge in [-0.25, -0.2) is 0 Å². The second-order valence-electron chi connectivity index (χ2n) is 8.21. The smallest absolute Gasteiger partial charge is 0.0865 e. The fraction of sp³-hybridized carbons (Fsp3) is 0.944. The van der Waals surface area contributed by atoms with E-state index in [-0.39, 0.29) is 0 Å². The van der Waals surface area contributed by atoms with Crippen molar-refractivity contribution in [2.24, 2.45) is 35.5 Å². The highest BCUT2D eigenvalue weighted by Gasteiger charge is 2.48. The molecule has 5 aliphatic rings. The van der Waals surface area contributed by atoms with E-state index in [9.17, 15) is 0 Å². The topological polar surface area (TPSA) is 27.0 Å². The van der Waals surface area contributed by atoms with Gasteiger partial charge < -0.3 is 0 Å². The molecule has 1 saturated heterocycles. The number of nitrogens with zero attached hydrogens (tertiary/aromatic N) is 2. The molecule has 0 aromatic heterocycles. The second kappa shape index (κ2) is 5.34. The van der Waals surface area contributed by atoms with Crippen LogP contribution in [0.3, 0.4) is 0 Å². The van der Waals surface area contributed by atoms with E-state index >= 15 is 0 Å². The molecule has 1 aliphatic heterocycles. The van der Waals surface area contributed by atoms with E-state index < -0.39 is 0 Å². The minimum atomic E-state index is 0.644. The van der Waals surface area contributed by atoms with Crippen molar-refractivity contribution in [1.82, 2.24) is 4.90 Å². The maximum Gasteiger partial charge on any atom is 0.0865 e. The molecule has 0 aromatic rings. The monoisotopic (exact) mass is 272 g/mol. The summed E-state index contributed by atoms with van der Waals surface area (Å²) in [6.45, 7) is 2.99. The zero-order valence-electron chi connectivity index (χ0n) is 12.6.